The molecule has 1 heterocycles. The molecule has 1 aromatic rings. The number of amides is 2. The van der Waals surface area contributed by atoms with Gasteiger partial charge in [-0.1, -0.05) is 12.1 Å². The van der Waals surface area contributed by atoms with Gasteiger partial charge < -0.3 is 15.3 Å². The van der Waals surface area contributed by atoms with Gasteiger partial charge in [0.05, 0.1) is 0 Å². The molecular formula is C16H22N2O3. The maximum Gasteiger partial charge on any atom is 0.321 e. The largest absolute Gasteiger partial charge is 0.481 e. The van der Waals surface area contributed by atoms with E-state index in [1.165, 1.54) is 0 Å². The highest BCUT2D eigenvalue weighted by Crippen LogP contribution is 2.23. The van der Waals surface area contributed by atoms with Crippen LogP contribution < -0.4 is 5.32 Å². The zero-order chi connectivity index (χ0) is 15.4. The standard InChI is InChI=1S/C16H22N2O3/c1-11-4-3-5-14(12(11)2)17-16(21)18-9-8-13(10-18)6-7-15(19)20/h3-5,13H,6-10H2,1-2H3,(H,17,21)(H,19,20). The molecule has 0 radical (unpaired) electrons. The van der Waals surface area contributed by atoms with Gasteiger partial charge in [0.15, 0.2) is 0 Å². The molecule has 1 aromatic carbocycles. The molecule has 1 saturated heterocycles. The van der Waals surface area contributed by atoms with Crippen molar-refractivity contribution < 1.29 is 14.7 Å². The molecule has 1 atom stereocenters. The number of aryl methyl sites for hydroxylation is 1. The van der Waals surface area contributed by atoms with Crippen LogP contribution in [-0.2, 0) is 4.79 Å². The fourth-order valence-electron chi connectivity index (χ4n) is 2.66. The molecule has 21 heavy (non-hydrogen) atoms. The summed E-state index contributed by atoms with van der Waals surface area (Å²) >= 11 is 0. The number of hydrogen-bond acceptors (Lipinski definition) is 2. The van der Waals surface area contributed by atoms with Crippen molar-refractivity contribution in [1.82, 2.24) is 4.90 Å². The van der Waals surface area contributed by atoms with Crippen molar-refractivity contribution in [2.75, 3.05) is 18.4 Å². The van der Waals surface area contributed by atoms with Crippen molar-refractivity contribution in [3.63, 3.8) is 0 Å². The Hall–Kier alpha value is -2.04. The summed E-state index contributed by atoms with van der Waals surface area (Å²) in [5.74, 6) is -0.473. The topological polar surface area (TPSA) is 69.6 Å². The van der Waals surface area contributed by atoms with Crippen molar-refractivity contribution in [3.05, 3.63) is 29.3 Å². The maximum absolute atomic E-state index is 12.3. The third-order valence-electron chi connectivity index (χ3n) is 4.19. The van der Waals surface area contributed by atoms with Gasteiger partial charge >= 0.3 is 12.0 Å². The first-order valence-corrected chi connectivity index (χ1v) is 7.31. The number of carboxylic acid groups (broad SMARTS) is 1. The van der Waals surface area contributed by atoms with Crippen LogP contribution in [0.3, 0.4) is 0 Å². The molecule has 5 heteroatoms. The zero-order valence-corrected chi connectivity index (χ0v) is 12.6. The summed E-state index contributed by atoms with van der Waals surface area (Å²) in [6, 6.07) is 5.75. The normalized spacial score (nSPS) is 17.8. The summed E-state index contributed by atoms with van der Waals surface area (Å²) < 4.78 is 0. The van der Waals surface area contributed by atoms with E-state index >= 15 is 0 Å². The first-order valence-electron chi connectivity index (χ1n) is 7.31. The lowest BCUT2D eigenvalue weighted by molar-refractivity contribution is -0.137. The third kappa shape index (κ3) is 3.97. The third-order valence-corrected chi connectivity index (χ3v) is 4.19. The Kier molecular flexibility index (Phi) is 4.83. The highest BCUT2D eigenvalue weighted by Gasteiger charge is 2.26. The Morgan fingerprint density at radius 2 is 2.14 bits per heavy atom. The maximum atomic E-state index is 12.3. The van der Waals surface area contributed by atoms with Crippen LogP contribution in [0, 0.1) is 19.8 Å². The van der Waals surface area contributed by atoms with Crippen molar-refractivity contribution in [2.45, 2.75) is 33.1 Å². The summed E-state index contributed by atoms with van der Waals surface area (Å²) in [5.41, 5.74) is 3.06. The number of aliphatic carboxylic acids is 1. The minimum atomic E-state index is -0.770. The summed E-state index contributed by atoms with van der Waals surface area (Å²) in [6.45, 7) is 5.35. The monoisotopic (exact) mass is 290 g/mol. The van der Waals surface area contributed by atoms with E-state index in [0.29, 0.717) is 25.4 Å². The molecule has 0 saturated carbocycles. The van der Waals surface area contributed by atoms with Gasteiger partial charge in [0, 0.05) is 25.2 Å². The number of nitrogens with zero attached hydrogens (tertiary/aromatic N) is 1. The molecular weight excluding hydrogens is 268 g/mol. The van der Waals surface area contributed by atoms with Gasteiger partial charge in [0.25, 0.3) is 0 Å². The average molecular weight is 290 g/mol. The number of carbonyl (C=O) groups is 2. The van der Waals surface area contributed by atoms with Crippen LogP contribution in [0.25, 0.3) is 0 Å². The molecule has 1 fully saturated rings. The number of hydrogen-bond donors (Lipinski definition) is 2. The number of urea groups is 1. The SMILES string of the molecule is Cc1cccc(NC(=O)N2CCC(CCC(=O)O)C2)c1C. The van der Waals surface area contributed by atoms with E-state index in [2.05, 4.69) is 5.32 Å². The molecule has 0 bridgehead atoms. The van der Waals surface area contributed by atoms with E-state index in [-0.39, 0.29) is 12.5 Å². The smallest absolute Gasteiger partial charge is 0.321 e. The summed E-state index contributed by atoms with van der Waals surface area (Å²) in [7, 11) is 0. The number of likely N-dealkylation sites (tertiary alicyclic amines) is 1. The van der Waals surface area contributed by atoms with Crippen LogP contribution in [0.2, 0.25) is 0 Å². The predicted octanol–water partition coefficient (Wildman–Crippen LogP) is 3.02. The number of carboxylic acids is 1. The van der Waals surface area contributed by atoms with Gasteiger partial charge in [-0.25, -0.2) is 4.79 Å². The van der Waals surface area contributed by atoms with Gasteiger partial charge in [-0.3, -0.25) is 4.79 Å². The lowest BCUT2D eigenvalue weighted by Gasteiger charge is -2.18. The molecule has 0 aromatic heterocycles. The first kappa shape index (κ1) is 15.4. The lowest BCUT2D eigenvalue weighted by atomic mass is 10.0. The van der Waals surface area contributed by atoms with Gasteiger partial charge in [-0.05, 0) is 49.8 Å². The van der Waals surface area contributed by atoms with Crippen molar-refractivity contribution in [3.8, 4) is 0 Å². The first-order chi connectivity index (χ1) is 9.97. The molecule has 2 amide bonds. The average Bonchev–Trinajstić information content (AvgIpc) is 2.90. The van der Waals surface area contributed by atoms with Gasteiger partial charge in [0.2, 0.25) is 0 Å². The van der Waals surface area contributed by atoms with Gasteiger partial charge in [-0.2, -0.15) is 0 Å². The van der Waals surface area contributed by atoms with Crippen molar-refractivity contribution in [2.24, 2.45) is 5.92 Å². The minimum Gasteiger partial charge on any atom is -0.481 e. The van der Waals surface area contributed by atoms with Crippen LogP contribution in [-0.4, -0.2) is 35.1 Å². The number of benzene rings is 1. The summed E-state index contributed by atoms with van der Waals surface area (Å²) in [5, 5.41) is 11.7. The molecule has 114 valence electrons. The Balaban J connectivity index is 1.90. The summed E-state index contributed by atoms with van der Waals surface area (Å²) in [4.78, 5) is 24.6. The van der Waals surface area contributed by atoms with Crippen LogP contribution in [0.5, 0.6) is 0 Å². The molecule has 0 aliphatic carbocycles. The van der Waals surface area contributed by atoms with Crippen molar-refractivity contribution >= 4 is 17.7 Å². The number of rotatable bonds is 4. The van der Waals surface area contributed by atoms with Crippen LogP contribution in [0.1, 0.15) is 30.4 Å². The fraction of sp³-hybridized carbons (Fsp3) is 0.500. The lowest BCUT2D eigenvalue weighted by Crippen LogP contribution is -2.33. The molecule has 0 spiro atoms. The van der Waals surface area contributed by atoms with E-state index in [4.69, 9.17) is 5.11 Å². The highest BCUT2D eigenvalue weighted by molar-refractivity contribution is 5.90. The van der Waals surface area contributed by atoms with Gasteiger partial charge in [-0.15, -0.1) is 0 Å². The van der Waals surface area contributed by atoms with E-state index < -0.39 is 5.97 Å². The van der Waals surface area contributed by atoms with E-state index in [1.807, 2.05) is 32.0 Å². The second kappa shape index (κ2) is 6.61. The molecule has 2 rings (SSSR count). The predicted molar refractivity (Wildman–Crippen MR) is 81.5 cm³/mol. The molecule has 5 nitrogen and oxygen atoms in total. The number of anilines is 1. The Bertz CT molecular complexity index is 542. The van der Waals surface area contributed by atoms with Crippen molar-refractivity contribution in [1.29, 1.82) is 0 Å². The van der Waals surface area contributed by atoms with E-state index in [9.17, 15) is 9.59 Å². The van der Waals surface area contributed by atoms with E-state index in [0.717, 1.165) is 23.2 Å². The van der Waals surface area contributed by atoms with Crippen LogP contribution in [0.15, 0.2) is 18.2 Å². The minimum absolute atomic E-state index is 0.0958. The quantitative estimate of drug-likeness (QED) is 0.895. The molecule has 2 N–H and O–H groups in total. The molecule has 1 aliphatic heterocycles. The molecule has 1 aliphatic rings. The van der Waals surface area contributed by atoms with Crippen LogP contribution in [0.4, 0.5) is 10.5 Å². The Labute approximate surface area is 125 Å². The highest BCUT2D eigenvalue weighted by atomic mass is 16.4. The van der Waals surface area contributed by atoms with E-state index in [1.54, 1.807) is 4.90 Å². The second-order valence-electron chi connectivity index (χ2n) is 5.71. The zero-order valence-electron chi connectivity index (χ0n) is 12.6. The fourth-order valence-corrected chi connectivity index (χ4v) is 2.66. The second-order valence-corrected chi connectivity index (χ2v) is 5.71. The van der Waals surface area contributed by atoms with Crippen LogP contribution >= 0.6 is 0 Å². The molecule has 1 unspecified atom stereocenters. The number of carbonyl (C=O) groups excluding carboxylic acids is 1. The Morgan fingerprint density at radius 3 is 2.86 bits per heavy atom. The van der Waals surface area contributed by atoms with Gasteiger partial charge in [0.1, 0.15) is 0 Å². The Morgan fingerprint density at radius 1 is 1.38 bits per heavy atom. The summed E-state index contributed by atoms with van der Waals surface area (Å²) in [6.07, 6.45) is 1.70. The number of nitrogens with one attached hydrogen (secondary N) is 1.